The van der Waals surface area contributed by atoms with Gasteiger partial charge in [0.25, 0.3) is 0 Å². The summed E-state index contributed by atoms with van der Waals surface area (Å²) in [5.41, 5.74) is 7.07. The molecular formula is C32H26N4O6. The topological polar surface area (TPSA) is 136 Å². The van der Waals surface area contributed by atoms with Crippen molar-refractivity contribution in [2.45, 2.75) is 0 Å². The highest BCUT2D eigenvalue weighted by molar-refractivity contribution is 6.35. The van der Waals surface area contributed by atoms with E-state index in [-0.39, 0.29) is 11.6 Å². The number of hydrogen-bond acceptors (Lipinski definition) is 8. The van der Waals surface area contributed by atoms with Crippen LogP contribution in [-0.2, 0) is 9.59 Å². The number of benzene rings is 4. The molecule has 0 fully saturated rings. The SMILES string of the molecule is COc1cc(/C=N\NC(=O)C(=O)N/N=C/c2ccc(C(=O)c3ccccc3)c(OC)c2)ccc1C(=O)c1ccccc1. The lowest BCUT2D eigenvalue weighted by Crippen LogP contribution is -2.35. The van der Waals surface area contributed by atoms with Crippen LogP contribution in [0.15, 0.2) is 107 Å². The van der Waals surface area contributed by atoms with Gasteiger partial charge in [-0.25, -0.2) is 10.9 Å². The quantitative estimate of drug-likeness (QED) is 0.131. The molecule has 42 heavy (non-hydrogen) atoms. The Morgan fingerprint density at radius 1 is 0.571 bits per heavy atom. The average Bonchev–Trinajstić information content (AvgIpc) is 3.04. The summed E-state index contributed by atoms with van der Waals surface area (Å²) in [6, 6.07) is 27.2. The molecule has 4 aromatic carbocycles. The summed E-state index contributed by atoms with van der Waals surface area (Å²) in [5, 5.41) is 7.57. The summed E-state index contributed by atoms with van der Waals surface area (Å²) in [4.78, 5) is 49.8. The van der Waals surface area contributed by atoms with Crippen LogP contribution < -0.4 is 20.3 Å². The lowest BCUT2D eigenvalue weighted by molar-refractivity contribution is -0.139. The van der Waals surface area contributed by atoms with Gasteiger partial charge in [0.2, 0.25) is 0 Å². The first kappa shape index (κ1) is 29.1. The zero-order valence-electron chi connectivity index (χ0n) is 22.7. The van der Waals surface area contributed by atoms with Crippen LogP contribution in [-0.4, -0.2) is 50.0 Å². The zero-order chi connectivity index (χ0) is 29.9. The Labute approximate surface area is 241 Å². The molecule has 2 amide bonds. The number of rotatable bonds is 10. The van der Waals surface area contributed by atoms with Crippen molar-refractivity contribution in [1.29, 1.82) is 0 Å². The molecule has 10 heteroatoms. The Kier molecular flexibility index (Phi) is 9.66. The van der Waals surface area contributed by atoms with Crippen molar-refractivity contribution in [2.24, 2.45) is 10.2 Å². The van der Waals surface area contributed by atoms with E-state index in [1.54, 1.807) is 84.9 Å². The van der Waals surface area contributed by atoms with Crippen LogP contribution in [0.4, 0.5) is 0 Å². The Bertz CT molecular complexity index is 1540. The molecular weight excluding hydrogens is 536 g/mol. The van der Waals surface area contributed by atoms with Gasteiger partial charge >= 0.3 is 11.8 Å². The maximum absolute atomic E-state index is 12.8. The number of hydrogen-bond donors (Lipinski definition) is 2. The molecule has 0 atom stereocenters. The minimum absolute atomic E-state index is 0.198. The van der Waals surface area contributed by atoms with E-state index < -0.39 is 11.8 Å². The van der Waals surface area contributed by atoms with Crippen LogP contribution in [0.3, 0.4) is 0 Å². The maximum Gasteiger partial charge on any atom is 0.331 e. The van der Waals surface area contributed by atoms with Gasteiger partial charge in [0.1, 0.15) is 11.5 Å². The van der Waals surface area contributed by atoms with E-state index in [2.05, 4.69) is 21.1 Å². The lowest BCUT2D eigenvalue weighted by Gasteiger charge is -2.09. The Morgan fingerprint density at radius 2 is 0.952 bits per heavy atom. The molecule has 0 spiro atoms. The molecule has 0 saturated heterocycles. The molecule has 10 nitrogen and oxygen atoms in total. The van der Waals surface area contributed by atoms with Gasteiger partial charge in [0, 0.05) is 11.1 Å². The normalized spacial score (nSPS) is 10.8. The fourth-order valence-corrected chi connectivity index (χ4v) is 3.87. The monoisotopic (exact) mass is 562 g/mol. The third kappa shape index (κ3) is 7.19. The van der Waals surface area contributed by atoms with E-state index in [1.165, 1.54) is 26.6 Å². The minimum Gasteiger partial charge on any atom is -0.496 e. The van der Waals surface area contributed by atoms with Crippen LogP contribution in [0.2, 0.25) is 0 Å². The number of nitrogens with one attached hydrogen (secondary N) is 2. The van der Waals surface area contributed by atoms with Crippen LogP contribution in [0, 0.1) is 0 Å². The predicted molar refractivity (Wildman–Crippen MR) is 157 cm³/mol. The van der Waals surface area contributed by atoms with Gasteiger partial charge in [-0.1, -0.05) is 72.8 Å². The number of ether oxygens (including phenoxy) is 2. The molecule has 0 radical (unpaired) electrons. The van der Waals surface area contributed by atoms with Gasteiger partial charge in [-0.05, 0) is 35.4 Å². The molecule has 0 unspecified atom stereocenters. The largest absolute Gasteiger partial charge is 0.496 e. The van der Waals surface area contributed by atoms with Crippen molar-refractivity contribution in [1.82, 2.24) is 10.9 Å². The van der Waals surface area contributed by atoms with Crippen molar-refractivity contribution < 1.29 is 28.7 Å². The molecule has 0 saturated carbocycles. The van der Waals surface area contributed by atoms with Gasteiger partial charge in [-0.15, -0.1) is 0 Å². The van der Waals surface area contributed by atoms with Crippen molar-refractivity contribution in [3.05, 3.63) is 130 Å². The van der Waals surface area contributed by atoms with Gasteiger partial charge in [-0.3, -0.25) is 19.2 Å². The molecule has 0 aliphatic rings. The van der Waals surface area contributed by atoms with Gasteiger partial charge in [0.15, 0.2) is 11.6 Å². The first-order valence-electron chi connectivity index (χ1n) is 12.6. The van der Waals surface area contributed by atoms with Crippen LogP contribution in [0.5, 0.6) is 11.5 Å². The average molecular weight is 563 g/mol. The molecule has 4 rings (SSSR count). The highest BCUT2D eigenvalue weighted by Crippen LogP contribution is 2.24. The third-order valence-corrected chi connectivity index (χ3v) is 5.98. The number of carbonyl (C=O) groups is 4. The van der Waals surface area contributed by atoms with E-state index >= 15 is 0 Å². The van der Waals surface area contributed by atoms with E-state index in [0.29, 0.717) is 44.9 Å². The molecule has 0 bridgehead atoms. The maximum atomic E-state index is 12.8. The van der Waals surface area contributed by atoms with E-state index in [1.807, 2.05) is 12.1 Å². The molecule has 2 N–H and O–H groups in total. The van der Waals surface area contributed by atoms with E-state index in [4.69, 9.17) is 9.47 Å². The summed E-state index contributed by atoms with van der Waals surface area (Å²) in [6.07, 6.45) is 2.61. The fraction of sp³-hybridized carbons (Fsp3) is 0.0625. The highest BCUT2D eigenvalue weighted by atomic mass is 16.5. The van der Waals surface area contributed by atoms with Crippen molar-refractivity contribution >= 4 is 35.8 Å². The zero-order valence-corrected chi connectivity index (χ0v) is 22.7. The molecule has 4 aromatic rings. The molecule has 210 valence electrons. The highest BCUT2D eigenvalue weighted by Gasteiger charge is 2.16. The Balaban J connectivity index is 1.33. The van der Waals surface area contributed by atoms with E-state index in [0.717, 1.165) is 0 Å². The number of methoxy groups -OCH3 is 2. The predicted octanol–water partition coefficient (Wildman–Crippen LogP) is 3.77. The second kappa shape index (κ2) is 13.9. The summed E-state index contributed by atoms with van der Waals surface area (Å²) in [5.74, 6) is -1.83. The third-order valence-electron chi connectivity index (χ3n) is 5.98. The smallest absolute Gasteiger partial charge is 0.331 e. The van der Waals surface area contributed by atoms with Crippen molar-refractivity contribution in [3.8, 4) is 11.5 Å². The standard InChI is InChI=1S/C32H26N4O6/c1-41-27-17-21(13-15-25(27)29(37)23-9-5-3-6-10-23)19-33-35-31(39)32(40)36-34-20-22-14-16-26(28(18-22)42-2)30(38)24-11-7-4-8-12-24/h3-20H,1-2H3,(H,35,39)(H,36,40)/b33-19-,34-20+. The summed E-state index contributed by atoms with van der Waals surface area (Å²) < 4.78 is 10.7. The van der Waals surface area contributed by atoms with Gasteiger partial charge in [-0.2, -0.15) is 10.2 Å². The fourth-order valence-electron chi connectivity index (χ4n) is 3.87. The molecule has 0 aromatic heterocycles. The second-order valence-electron chi connectivity index (χ2n) is 8.71. The molecule has 0 heterocycles. The summed E-state index contributed by atoms with van der Waals surface area (Å²) in [7, 11) is 2.89. The number of hydrazone groups is 2. The van der Waals surface area contributed by atoms with Crippen LogP contribution in [0.25, 0.3) is 0 Å². The first-order valence-corrected chi connectivity index (χ1v) is 12.6. The first-order chi connectivity index (χ1) is 20.4. The van der Waals surface area contributed by atoms with Crippen molar-refractivity contribution in [3.63, 3.8) is 0 Å². The Morgan fingerprint density at radius 3 is 1.31 bits per heavy atom. The number of carbonyl (C=O) groups excluding carboxylic acids is 4. The Hall–Kier alpha value is -5.90. The van der Waals surface area contributed by atoms with Crippen LogP contribution >= 0.6 is 0 Å². The molecule has 0 aliphatic heterocycles. The van der Waals surface area contributed by atoms with E-state index in [9.17, 15) is 19.2 Å². The number of nitrogens with zero attached hydrogens (tertiary/aromatic N) is 2. The van der Waals surface area contributed by atoms with Crippen LogP contribution in [0.1, 0.15) is 43.0 Å². The summed E-state index contributed by atoms with van der Waals surface area (Å²) >= 11 is 0. The second-order valence-corrected chi connectivity index (χ2v) is 8.71. The summed E-state index contributed by atoms with van der Waals surface area (Å²) in [6.45, 7) is 0. The number of amides is 2. The minimum atomic E-state index is -1.05. The number of ketones is 2. The van der Waals surface area contributed by atoms with Gasteiger partial charge in [0.05, 0.1) is 37.8 Å². The molecule has 0 aliphatic carbocycles. The van der Waals surface area contributed by atoms with Crippen molar-refractivity contribution in [2.75, 3.05) is 14.2 Å². The lowest BCUT2D eigenvalue weighted by atomic mass is 10.0. The van der Waals surface area contributed by atoms with Gasteiger partial charge < -0.3 is 9.47 Å².